The number of aromatic nitrogens is 2. The van der Waals surface area contributed by atoms with E-state index in [1.54, 1.807) is 0 Å². The Bertz CT molecular complexity index is 573. The summed E-state index contributed by atoms with van der Waals surface area (Å²) in [6, 6.07) is 0. The summed E-state index contributed by atoms with van der Waals surface area (Å²) in [4.78, 5) is 17.1. The molecule has 0 saturated carbocycles. The topological polar surface area (TPSA) is 117 Å². The first-order valence-electron chi connectivity index (χ1n) is 6.45. The number of aromatic amines is 2. The summed E-state index contributed by atoms with van der Waals surface area (Å²) in [5.41, 5.74) is -0.170. The summed E-state index contributed by atoms with van der Waals surface area (Å²) in [6.45, 7) is 0.201. The van der Waals surface area contributed by atoms with E-state index in [2.05, 4.69) is 9.97 Å². The van der Waals surface area contributed by atoms with Gasteiger partial charge in [-0.15, -0.1) is 0 Å². The number of ether oxygens (including phenoxy) is 3. The van der Waals surface area contributed by atoms with E-state index >= 15 is 0 Å². The van der Waals surface area contributed by atoms with Gasteiger partial charge in [-0.2, -0.15) is 0 Å². The van der Waals surface area contributed by atoms with Crippen LogP contribution in [0.25, 0.3) is 0 Å². The highest BCUT2D eigenvalue weighted by molar-refractivity contribution is 7.71. The molecule has 9 heteroatoms. The van der Waals surface area contributed by atoms with Crippen LogP contribution in [-0.2, 0) is 14.2 Å². The van der Waals surface area contributed by atoms with Crippen molar-refractivity contribution in [2.75, 3.05) is 26.9 Å². The van der Waals surface area contributed by atoms with Crippen molar-refractivity contribution in [2.45, 2.75) is 24.4 Å². The molecule has 4 N–H and O–H groups in total. The predicted molar refractivity (Wildman–Crippen MR) is 74.6 cm³/mol. The molecule has 0 bridgehead atoms. The van der Waals surface area contributed by atoms with E-state index in [9.17, 15) is 15.0 Å². The van der Waals surface area contributed by atoms with Crippen LogP contribution in [-0.4, -0.2) is 65.4 Å². The van der Waals surface area contributed by atoms with Crippen molar-refractivity contribution in [3.63, 3.8) is 0 Å². The van der Waals surface area contributed by atoms with Crippen LogP contribution in [0.2, 0.25) is 0 Å². The van der Waals surface area contributed by atoms with Crippen molar-refractivity contribution in [2.24, 2.45) is 0 Å². The van der Waals surface area contributed by atoms with E-state index in [1.165, 1.54) is 13.3 Å². The fourth-order valence-corrected chi connectivity index (χ4v) is 2.37. The second-order valence-electron chi connectivity index (χ2n) is 4.62. The van der Waals surface area contributed by atoms with Gasteiger partial charge in [-0.25, -0.2) is 0 Å². The van der Waals surface area contributed by atoms with Gasteiger partial charge >= 0.3 is 0 Å². The van der Waals surface area contributed by atoms with Gasteiger partial charge in [0.2, 0.25) is 0 Å². The second kappa shape index (κ2) is 7.25. The van der Waals surface area contributed by atoms with Gasteiger partial charge in [0.25, 0.3) is 5.56 Å². The molecule has 0 spiro atoms. The lowest BCUT2D eigenvalue weighted by Crippen LogP contribution is -2.36. The number of hydrogen-bond acceptors (Lipinski definition) is 7. The molecule has 1 aromatic heterocycles. The molecule has 1 aliphatic rings. The number of rotatable bonds is 6. The lowest BCUT2D eigenvalue weighted by atomic mass is 10.0. The predicted octanol–water partition coefficient (Wildman–Crippen LogP) is -0.743. The third-order valence-electron chi connectivity index (χ3n) is 3.27. The van der Waals surface area contributed by atoms with Gasteiger partial charge in [0.05, 0.1) is 25.4 Å². The van der Waals surface area contributed by atoms with Crippen molar-refractivity contribution in [3.8, 4) is 0 Å². The van der Waals surface area contributed by atoms with Crippen molar-refractivity contribution in [1.82, 2.24) is 9.97 Å². The maximum absolute atomic E-state index is 12.0. The van der Waals surface area contributed by atoms with Gasteiger partial charge in [0, 0.05) is 13.3 Å². The van der Waals surface area contributed by atoms with Crippen molar-refractivity contribution in [1.29, 1.82) is 0 Å². The molecule has 2 rings (SSSR count). The minimum absolute atomic E-state index is 0.192. The fourth-order valence-electron chi connectivity index (χ4n) is 2.22. The van der Waals surface area contributed by atoms with Crippen LogP contribution in [0.3, 0.4) is 0 Å². The zero-order valence-corrected chi connectivity index (χ0v) is 12.3. The lowest BCUT2D eigenvalue weighted by Gasteiger charge is -2.20. The number of methoxy groups -OCH3 is 1. The van der Waals surface area contributed by atoms with Gasteiger partial charge < -0.3 is 29.4 Å². The number of aliphatic hydroxyl groups excluding tert-OH is 2. The molecule has 0 aromatic carbocycles. The van der Waals surface area contributed by atoms with Crippen LogP contribution in [0, 0.1) is 4.77 Å². The van der Waals surface area contributed by atoms with Gasteiger partial charge in [-0.05, 0) is 12.2 Å². The third-order valence-corrected chi connectivity index (χ3v) is 3.49. The normalized spacial score (nSPS) is 28.9. The summed E-state index contributed by atoms with van der Waals surface area (Å²) in [7, 11) is 1.53. The molecule has 2 unspecified atom stereocenters. The van der Waals surface area contributed by atoms with E-state index in [0.29, 0.717) is 6.61 Å². The summed E-state index contributed by atoms with van der Waals surface area (Å²) in [6.07, 6.45) is -2.01. The van der Waals surface area contributed by atoms with Crippen LogP contribution in [0.4, 0.5) is 0 Å². The molecule has 1 aliphatic heterocycles. The van der Waals surface area contributed by atoms with Crippen LogP contribution < -0.4 is 5.56 Å². The standard InChI is InChI=1S/C12H18N2O6S/c1-18-2-3-19-10-8(16)7(5-15)20-9(10)6-4-13-12(21)14-11(6)17/h4,7-10,15-16H,2-3,5H2,1H3,(H2,13,14,17,21)/t7-,8?,9+,10?/m1/s1. The summed E-state index contributed by atoms with van der Waals surface area (Å²) in [5.74, 6) is 0. The Morgan fingerprint density at radius 1 is 1.48 bits per heavy atom. The molecule has 4 atom stereocenters. The van der Waals surface area contributed by atoms with E-state index in [0.717, 1.165) is 0 Å². The summed E-state index contributed by atoms with van der Waals surface area (Å²) in [5, 5.41) is 19.4. The third kappa shape index (κ3) is 3.57. The largest absolute Gasteiger partial charge is 0.394 e. The molecule has 21 heavy (non-hydrogen) atoms. The van der Waals surface area contributed by atoms with Crippen LogP contribution in [0.5, 0.6) is 0 Å². The molecule has 0 amide bonds. The molecule has 8 nitrogen and oxygen atoms in total. The monoisotopic (exact) mass is 318 g/mol. The molecular weight excluding hydrogens is 300 g/mol. The summed E-state index contributed by atoms with van der Waals surface area (Å²) < 4.78 is 16.1. The first-order valence-corrected chi connectivity index (χ1v) is 6.86. The van der Waals surface area contributed by atoms with E-state index in [-0.39, 0.29) is 23.5 Å². The van der Waals surface area contributed by atoms with Crippen LogP contribution in [0.15, 0.2) is 11.0 Å². The van der Waals surface area contributed by atoms with Crippen LogP contribution in [0.1, 0.15) is 11.7 Å². The summed E-state index contributed by atoms with van der Waals surface area (Å²) >= 11 is 4.83. The zero-order chi connectivity index (χ0) is 15.4. The Morgan fingerprint density at radius 2 is 2.24 bits per heavy atom. The molecule has 2 heterocycles. The molecule has 1 saturated heterocycles. The Balaban J connectivity index is 2.25. The highest BCUT2D eigenvalue weighted by Gasteiger charge is 2.45. The van der Waals surface area contributed by atoms with Crippen molar-refractivity contribution < 1.29 is 24.4 Å². The van der Waals surface area contributed by atoms with Gasteiger partial charge in [-0.3, -0.25) is 9.78 Å². The zero-order valence-electron chi connectivity index (χ0n) is 11.4. The quantitative estimate of drug-likeness (QED) is 0.403. The highest BCUT2D eigenvalue weighted by atomic mass is 32.1. The minimum Gasteiger partial charge on any atom is -0.394 e. The number of hydrogen-bond donors (Lipinski definition) is 4. The van der Waals surface area contributed by atoms with E-state index in [4.69, 9.17) is 26.4 Å². The van der Waals surface area contributed by atoms with Crippen molar-refractivity contribution >= 4 is 12.2 Å². The average Bonchev–Trinajstić information content (AvgIpc) is 2.76. The highest BCUT2D eigenvalue weighted by Crippen LogP contribution is 2.33. The Kier molecular flexibility index (Phi) is 5.62. The first kappa shape index (κ1) is 16.3. The molecule has 1 aromatic rings. The lowest BCUT2D eigenvalue weighted by molar-refractivity contribution is -0.0535. The SMILES string of the molecule is COCCOC1C(O)[C@@H](CO)O[C@H]1c1c[nH]c(=S)[nH]c1=O. The average molecular weight is 318 g/mol. The number of nitrogens with one attached hydrogen (secondary N) is 2. The molecule has 0 aliphatic carbocycles. The van der Waals surface area contributed by atoms with Crippen LogP contribution >= 0.6 is 12.2 Å². The van der Waals surface area contributed by atoms with E-state index in [1.807, 2.05) is 0 Å². The van der Waals surface area contributed by atoms with Gasteiger partial charge in [-0.1, -0.05) is 0 Å². The van der Waals surface area contributed by atoms with E-state index < -0.39 is 30.0 Å². The Hall–Kier alpha value is -1.10. The second-order valence-corrected chi connectivity index (χ2v) is 5.03. The molecule has 118 valence electrons. The molecule has 1 fully saturated rings. The number of H-pyrrole nitrogens is 2. The maximum atomic E-state index is 12.0. The fraction of sp³-hybridized carbons (Fsp3) is 0.667. The van der Waals surface area contributed by atoms with Crippen molar-refractivity contribution in [3.05, 3.63) is 26.9 Å². The first-order chi connectivity index (χ1) is 10.1. The Labute approximate surface area is 125 Å². The molecule has 0 radical (unpaired) electrons. The minimum atomic E-state index is -1.04. The Morgan fingerprint density at radius 3 is 2.86 bits per heavy atom. The molecular formula is C12H18N2O6S. The maximum Gasteiger partial charge on any atom is 0.257 e. The van der Waals surface area contributed by atoms with Gasteiger partial charge in [0.15, 0.2) is 4.77 Å². The van der Waals surface area contributed by atoms with Gasteiger partial charge in [0.1, 0.15) is 24.4 Å². The number of aliphatic hydroxyl groups is 2. The smallest absolute Gasteiger partial charge is 0.257 e.